The SMILES string of the molecule is CC1(C(=O)NNC(N)=O)CC1. The summed E-state index contributed by atoms with van der Waals surface area (Å²) in [5.41, 5.74) is 8.72. The average molecular weight is 157 g/mol. The molecule has 0 atom stereocenters. The van der Waals surface area contributed by atoms with Gasteiger partial charge in [0.2, 0.25) is 5.91 Å². The summed E-state index contributed by atoms with van der Waals surface area (Å²) in [6.07, 6.45) is 1.75. The Morgan fingerprint density at radius 2 is 1.91 bits per heavy atom. The fourth-order valence-corrected chi connectivity index (χ4v) is 0.684. The molecule has 0 aromatic rings. The topological polar surface area (TPSA) is 84.2 Å². The van der Waals surface area contributed by atoms with E-state index in [1.54, 1.807) is 0 Å². The molecule has 4 N–H and O–H groups in total. The third kappa shape index (κ3) is 1.83. The number of hydrogen-bond donors (Lipinski definition) is 3. The van der Waals surface area contributed by atoms with E-state index in [2.05, 4.69) is 5.43 Å². The molecule has 0 unspecified atom stereocenters. The van der Waals surface area contributed by atoms with Crippen molar-refractivity contribution in [2.75, 3.05) is 0 Å². The molecule has 0 aromatic heterocycles. The lowest BCUT2D eigenvalue weighted by Gasteiger charge is -2.08. The van der Waals surface area contributed by atoms with Gasteiger partial charge < -0.3 is 5.73 Å². The van der Waals surface area contributed by atoms with Gasteiger partial charge in [-0.15, -0.1) is 0 Å². The molecule has 1 fully saturated rings. The zero-order chi connectivity index (χ0) is 8.48. The van der Waals surface area contributed by atoms with E-state index in [4.69, 9.17) is 5.73 Å². The van der Waals surface area contributed by atoms with Crippen molar-refractivity contribution in [3.63, 3.8) is 0 Å². The maximum absolute atomic E-state index is 11.1. The monoisotopic (exact) mass is 157 g/mol. The summed E-state index contributed by atoms with van der Waals surface area (Å²) in [6, 6.07) is -0.748. The summed E-state index contributed by atoms with van der Waals surface area (Å²) in [7, 11) is 0. The molecule has 0 aromatic carbocycles. The molecule has 5 nitrogen and oxygen atoms in total. The van der Waals surface area contributed by atoms with Crippen molar-refractivity contribution in [2.24, 2.45) is 11.1 Å². The lowest BCUT2D eigenvalue weighted by Crippen LogP contribution is -2.46. The van der Waals surface area contributed by atoms with Crippen LogP contribution in [0, 0.1) is 5.41 Å². The van der Waals surface area contributed by atoms with Gasteiger partial charge in [-0.25, -0.2) is 10.2 Å². The first-order valence-corrected chi connectivity index (χ1v) is 3.40. The van der Waals surface area contributed by atoms with Gasteiger partial charge in [0, 0.05) is 5.41 Å². The molecule has 62 valence electrons. The highest BCUT2D eigenvalue weighted by Gasteiger charge is 2.44. The number of urea groups is 1. The molecule has 1 aliphatic rings. The van der Waals surface area contributed by atoms with Gasteiger partial charge in [0.1, 0.15) is 0 Å². The zero-order valence-electron chi connectivity index (χ0n) is 6.31. The molecule has 0 bridgehead atoms. The van der Waals surface area contributed by atoms with Crippen LogP contribution < -0.4 is 16.6 Å². The molecule has 1 rings (SSSR count). The number of nitrogens with two attached hydrogens (primary N) is 1. The fraction of sp³-hybridized carbons (Fsp3) is 0.667. The molecular formula is C6H11N3O2. The van der Waals surface area contributed by atoms with Crippen LogP contribution in [-0.2, 0) is 4.79 Å². The minimum absolute atomic E-state index is 0.170. The summed E-state index contributed by atoms with van der Waals surface area (Å²) in [5.74, 6) is -0.170. The number of carbonyl (C=O) groups is 2. The highest BCUT2D eigenvalue weighted by molar-refractivity contribution is 5.86. The van der Waals surface area contributed by atoms with Gasteiger partial charge in [-0.2, -0.15) is 0 Å². The van der Waals surface area contributed by atoms with Crippen LogP contribution in [-0.4, -0.2) is 11.9 Å². The number of amides is 3. The summed E-state index contributed by atoms with van der Waals surface area (Å²) in [6.45, 7) is 1.84. The summed E-state index contributed by atoms with van der Waals surface area (Å²) in [5, 5.41) is 0. The number of carbonyl (C=O) groups excluding carboxylic acids is 2. The van der Waals surface area contributed by atoms with Crippen LogP contribution >= 0.6 is 0 Å². The first-order chi connectivity index (χ1) is 5.04. The van der Waals surface area contributed by atoms with Crippen molar-refractivity contribution < 1.29 is 9.59 Å². The normalized spacial score (nSPS) is 18.6. The molecular weight excluding hydrogens is 146 g/mol. The highest BCUT2D eigenvalue weighted by atomic mass is 16.2. The van der Waals surface area contributed by atoms with Crippen LogP contribution in [0.2, 0.25) is 0 Å². The van der Waals surface area contributed by atoms with E-state index in [0.717, 1.165) is 12.8 Å². The summed E-state index contributed by atoms with van der Waals surface area (Å²) < 4.78 is 0. The van der Waals surface area contributed by atoms with E-state index >= 15 is 0 Å². The Morgan fingerprint density at radius 3 is 2.27 bits per heavy atom. The first kappa shape index (κ1) is 7.84. The van der Waals surface area contributed by atoms with Crippen LogP contribution in [0.25, 0.3) is 0 Å². The van der Waals surface area contributed by atoms with Gasteiger partial charge in [0.05, 0.1) is 0 Å². The minimum Gasteiger partial charge on any atom is -0.350 e. The average Bonchev–Trinajstić information content (AvgIpc) is 2.64. The molecule has 0 heterocycles. The largest absolute Gasteiger partial charge is 0.350 e. The van der Waals surface area contributed by atoms with E-state index in [-0.39, 0.29) is 11.3 Å². The molecule has 0 aliphatic heterocycles. The van der Waals surface area contributed by atoms with Crippen LogP contribution in [0.1, 0.15) is 19.8 Å². The second-order valence-corrected chi connectivity index (χ2v) is 3.00. The zero-order valence-corrected chi connectivity index (χ0v) is 6.31. The quantitative estimate of drug-likeness (QED) is 0.448. The van der Waals surface area contributed by atoms with E-state index < -0.39 is 6.03 Å². The maximum atomic E-state index is 11.1. The molecule has 11 heavy (non-hydrogen) atoms. The second kappa shape index (κ2) is 2.41. The van der Waals surface area contributed by atoms with Gasteiger partial charge in [0.15, 0.2) is 0 Å². The number of hydrazine groups is 1. The fourth-order valence-electron chi connectivity index (χ4n) is 0.684. The second-order valence-electron chi connectivity index (χ2n) is 3.00. The molecule has 1 aliphatic carbocycles. The van der Waals surface area contributed by atoms with Crippen molar-refractivity contribution in [1.82, 2.24) is 10.9 Å². The standard InChI is InChI=1S/C6H11N3O2/c1-6(2-3-6)4(10)8-9-5(7)11/h2-3H2,1H3,(H,8,10)(H3,7,9,11). The molecule has 0 saturated heterocycles. The Hall–Kier alpha value is -1.26. The van der Waals surface area contributed by atoms with Crippen LogP contribution in [0.15, 0.2) is 0 Å². The van der Waals surface area contributed by atoms with Gasteiger partial charge in [0.25, 0.3) is 0 Å². The Morgan fingerprint density at radius 1 is 1.36 bits per heavy atom. The van der Waals surface area contributed by atoms with E-state index in [1.165, 1.54) is 0 Å². The Balaban J connectivity index is 2.27. The Kier molecular flexibility index (Phi) is 1.72. The van der Waals surface area contributed by atoms with Crippen molar-refractivity contribution in [3.8, 4) is 0 Å². The van der Waals surface area contributed by atoms with Crippen molar-refractivity contribution in [2.45, 2.75) is 19.8 Å². The number of hydrogen-bond acceptors (Lipinski definition) is 2. The van der Waals surface area contributed by atoms with Crippen LogP contribution in [0.5, 0.6) is 0 Å². The predicted molar refractivity (Wildman–Crippen MR) is 38.2 cm³/mol. The Labute approximate surface area is 64.3 Å². The molecule has 1 saturated carbocycles. The maximum Gasteiger partial charge on any atom is 0.330 e. The first-order valence-electron chi connectivity index (χ1n) is 3.40. The van der Waals surface area contributed by atoms with Crippen molar-refractivity contribution >= 4 is 11.9 Å². The number of primary amides is 1. The Bertz CT molecular complexity index is 198. The lowest BCUT2D eigenvalue weighted by atomic mass is 10.1. The third-order valence-electron chi connectivity index (χ3n) is 1.85. The van der Waals surface area contributed by atoms with Crippen LogP contribution in [0.3, 0.4) is 0 Å². The number of rotatable bonds is 1. The summed E-state index contributed by atoms with van der Waals surface area (Å²) >= 11 is 0. The van der Waals surface area contributed by atoms with Gasteiger partial charge in [-0.3, -0.25) is 10.2 Å². The van der Waals surface area contributed by atoms with Gasteiger partial charge >= 0.3 is 6.03 Å². The van der Waals surface area contributed by atoms with Gasteiger partial charge in [-0.05, 0) is 12.8 Å². The van der Waals surface area contributed by atoms with E-state index in [1.807, 2.05) is 12.3 Å². The summed E-state index contributed by atoms with van der Waals surface area (Å²) in [4.78, 5) is 21.2. The molecule has 3 amide bonds. The smallest absolute Gasteiger partial charge is 0.330 e. The van der Waals surface area contributed by atoms with E-state index in [9.17, 15) is 9.59 Å². The van der Waals surface area contributed by atoms with Crippen LogP contribution in [0.4, 0.5) is 4.79 Å². The highest BCUT2D eigenvalue weighted by Crippen LogP contribution is 2.44. The lowest BCUT2D eigenvalue weighted by molar-refractivity contribution is -0.126. The van der Waals surface area contributed by atoms with Gasteiger partial charge in [-0.1, -0.05) is 6.92 Å². The molecule has 5 heteroatoms. The third-order valence-corrected chi connectivity index (χ3v) is 1.85. The van der Waals surface area contributed by atoms with E-state index in [0.29, 0.717) is 0 Å². The molecule has 0 spiro atoms. The number of nitrogens with one attached hydrogen (secondary N) is 2. The molecule has 0 radical (unpaired) electrons. The minimum atomic E-state index is -0.748. The van der Waals surface area contributed by atoms with Crippen molar-refractivity contribution in [1.29, 1.82) is 0 Å². The predicted octanol–water partition coefficient (Wildman–Crippen LogP) is -0.514. The van der Waals surface area contributed by atoms with Crippen molar-refractivity contribution in [3.05, 3.63) is 0 Å².